The van der Waals surface area contributed by atoms with Gasteiger partial charge in [0.1, 0.15) is 5.75 Å². The summed E-state index contributed by atoms with van der Waals surface area (Å²) in [7, 11) is 1.31. The van der Waals surface area contributed by atoms with Crippen molar-refractivity contribution in [2.75, 3.05) is 7.11 Å². The third-order valence-corrected chi connectivity index (χ3v) is 4.82. The molecule has 0 fully saturated rings. The number of hydrogen-bond acceptors (Lipinski definition) is 4. The summed E-state index contributed by atoms with van der Waals surface area (Å²) in [6.07, 6.45) is 0. The molecule has 0 aliphatic heterocycles. The second-order valence-electron chi connectivity index (χ2n) is 5.11. The van der Waals surface area contributed by atoms with E-state index in [1.54, 1.807) is 6.07 Å². The number of rotatable bonds is 4. The van der Waals surface area contributed by atoms with E-state index in [9.17, 15) is 9.90 Å². The second kappa shape index (κ2) is 6.67. The predicted molar refractivity (Wildman–Crippen MR) is 91.2 cm³/mol. The summed E-state index contributed by atoms with van der Waals surface area (Å²) in [4.78, 5) is 12.9. The molecule has 2 aromatic carbocycles. The molecule has 0 amide bonds. The molecule has 0 atom stereocenters. The van der Waals surface area contributed by atoms with E-state index in [2.05, 4.69) is 0 Å². The molecule has 116 valence electrons. The van der Waals surface area contributed by atoms with Crippen LogP contribution in [0.3, 0.4) is 0 Å². The van der Waals surface area contributed by atoms with Crippen LogP contribution >= 0.6 is 11.3 Å². The van der Waals surface area contributed by atoms with Gasteiger partial charge in [-0.1, -0.05) is 60.7 Å². The third-order valence-electron chi connectivity index (χ3n) is 3.65. The van der Waals surface area contributed by atoms with Crippen molar-refractivity contribution >= 4 is 17.3 Å². The Hall–Kier alpha value is -2.59. The van der Waals surface area contributed by atoms with Crippen LogP contribution in [0.1, 0.15) is 31.6 Å². The normalized spacial score (nSPS) is 10.7. The Kier molecular flexibility index (Phi) is 4.44. The quantitative estimate of drug-likeness (QED) is 0.723. The second-order valence-corrected chi connectivity index (χ2v) is 6.19. The van der Waals surface area contributed by atoms with E-state index < -0.39 is 5.97 Å². The molecule has 4 heteroatoms. The maximum atomic E-state index is 11.8. The largest absolute Gasteiger partial charge is 0.506 e. The van der Waals surface area contributed by atoms with Gasteiger partial charge >= 0.3 is 5.97 Å². The lowest BCUT2D eigenvalue weighted by molar-refractivity contribution is 0.0603. The van der Waals surface area contributed by atoms with Gasteiger partial charge in [0, 0.05) is 10.8 Å². The number of carbonyl (C=O) groups is 1. The van der Waals surface area contributed by atoms with E-state index in [1.807, 2.05) is 60.7 Å². The number of esters is 1. The molecule has 3 aromatic rings. The first-order valence-electron chi connectivity index (χ1n) is 7.21. The highest BCUT2D eigenvalue weighted by Crippen LogP contribution is 2.40. The van der Waals surface area contributed by atoms with Crippen molar-refractivity contribution in [3.8, 4) is 5.75 Å². The fourth-order valence-electron chi connectivity index (χ4n) is 2.59. The van der Waals surface area contributed by atoms with Gasteiger partial charge in [0.15, 0.2) is 4.88 Å². The highest BCUT2D eigenvalue weighted by Gasteiger charge is 2.23. The Bertz CT molecular complexity index is 754. The molecule has 1 heterocycles. The summed E-state index contributed by atoms with van der Waals surface area (Å²) in [6.45, 7) is 0. The van der Waals surface area contributed by atoms with Crippen molar-refractivity contribution < 1.29 is 14.6 Å². The predicted octanol–water partition coefficient (Wildman–Crippen LogP) is 4.42. The minimum absolute atomic E-state index is 0.0336. The molecule has 0 aliphatic rings. The van der Waals surface area contributed by atoms with Crippen LogP contribution < -0.4 is 0 Å². The summed E-state index contributed by atoms with van der Waals surface area (Å²) in [5.74, 6) is -0.584. The first kappa shape index (κ1) is 15.3. The molecule has 0 saturated heterocycles. The number of benzene rings is 2. The first-order valence-corrected chi connectivity index (χ1v) is 8.03. The lowest BCUT2D eigenvalue weighted by Gasteiger charge is -2.16. The van der Waals surface area contributed by atoms with Gasteiger partial charge in [0.25, 0.3) is 0 Å². The summed E-state index contributed by atoms with van der Waals surface area (Å²) in [5.41, 5.74) is 2.22. The molecule has 3 rings (SSSR count). The zero-order chi connectivity index (χ0) is 16.2. The lowest BCUT2D eigenvalue weighted by Crippen LogP contribution is -2.01. The minimum Gasteiger partial charge on any atom is -0.506 e. The van der Waals surface area contributed by atoms with Gasteiger partial charge in [-0.3, -0.25) is 0 Å². The van der Waals surface area contributed by atoms with E-state index in [1.165, 1.54) is 18.4 Å². The topological polar surface area (TPSA) is 46.5 Å². The van der Waals surface area contributed by atoms with Crippen LogP contribution in [0.25, 0.3) is 0 Å². The van der Waals surface area contributed by atoms with Crippen molar-refractivity contribution in [3.63, 3.8) is 0 Å². The fraction of sp³-hybridized carbons (Fsp3) is 0.105. The Morgan fingerprint density at radius 3 is 2.00 bits per heavy atom. The van der Waals surface area contributed by atoms with Crippen molar-refractivity contribution in [3.05, 3.63) is 87.6 Å². The van der Waals surface area contributed by atoms with Crippen LogP contribution in [0.4, 0.5) is 0 Å². The van der Waals surface area contributed by atoms with Crippen LogP contribution in [0.15, 0.2) is 66.7 Å². The van der Waals surface area contributed by atoms with Crippen molar-refractivity contribution in [1.82, 2.24) is 0 Å². The van der Waals surface area contributed by atoms with Gasteiger partial charge in [-0.2, -0.15) is 0 Å². The van der Waals surface area contributed by atoms with Crippen LogP contribution in [0, 0.1) is 0 Å². The highest BCUT2D eigenvalue weighted by atomic mass is 32.1. The molecule has 0 radical (unpaired) electrons. The number of methoxy groups -OCH3 is 1. The van der Waals surface area contributed by atoms with Crippen molar-refractivity contribution in [2.24, 2.45) is 0 Å². The van der Waals surface area contributed by atoms with E-state index >= 15 is 0 Å². The average molecular weight is 324 g/mol. The Balaban J connectivity index is 2.12. The molecule has 0 spiro atoms. The van der Waals surface area contributed by atoms with Crippen molar-refractivity contribution in [1.29, 1.82) is 0 Å². The number of hydrogen-bond donors (Lipinski definition) is 1. The van der Waals surface area contributed by atoms with Crippen molar-refractivity contribution in [2.45, 2.75) is 5.92 Å². The molecule has 0 aliphatic carbocycles. The number of ether oxygens (including phenoxy) is 1. The summed E-state index contributed by atoms with van der Waals surface area (Å²) < 4.78 is 4.73. The van der Waals surface area contributed by atoms with E-state index in [4.69, 9.17) is 4.74 Å². The fourth-order valence-corrected chi connectivity index (χ4v) is 3.72. The first-order chi connectivity index (χ1) is 11.2. The van der Waals surface area contributed by atoms with Crippen LogP contribution in [0.2, 0.25) is 0 Å². The van der Waals surface area contributed by atoms with Gasteiger partial charge in [0.2, 0.25) is 0 Å². The van der Waals surface area contributed by atoms with Crippen LogP contribution in [-0.4, -0.2) is 18.2 Å². The van der Waals surface area contributed by atoms with Crippen LogP contribution in [0.5, 0.6) is 5.75 Å². The van der Waals surface area contributed by atoms with E-state index in [-0.39, 0.29) is 16.5 Å². The van der Waals surface area contributed by atoms with E-state index in [0.717, 1.165) is 16.0 Å². The number of thiophene rings is 1. The minimum atomic E-state index is -0.515. The van der Waals surface area contributed by atoms with Gasteiger partial charge in [0.05, 0.1) is 7.11 Å². The molecule has 1 N–H and O–H groups in total. The third kappa shape index (κ3) is 3.12. The van der Waals surface area contributed by atoms with Crippen LogP contribution in [-0.2, 0) is 4.74 Å². The summed E-state index contributed by atoms with van der Waals surface area (Å²) >= 11 is 1.27. The van der Waals surface area contributed by atoms with Gasteiger partial charge in [-0.05, 0) is 17.2 Å². The number of aromatic hydroxyl groups is 1. The van der Waals surface area contributed by atoms with E-state index in [0.29, 0.717) is 0 Å². The van der Waals surface area contributed by atoms with Gasteiger partial charge in [-0.15, -0.1) is 11.3 Å². The maximum Gasteiger partial charge on any atom is 0.351 e. The molecule has 23 heavy (non-hydrogen) atoms. The summed E-state index contributed by atoms with van der Waals surface area (Å²) in [6, 6.07) is 21.7. The smallest absolute Gasteiger partial charge is 0.351 e. The highest BCUT2D eigenvalue weighted by molar-refractivity contribution is 7.14. The Morgan fingerprint density at radius 1 is 1.00 bits per heavy atom. The number of carbonyl (C=O) groups excluding carboxylic acids is 1. The van der Waals surface area contributed by atoms with Gasteiger partial charge < -0.3 is 9.84 Å². The zero-order valence-electron chi connectivity index (χ0n) is 12.6. The molecule has 0 saturated carbocycles. The molecular formula is C19H16O3S. The lowest BCUT2D eigenvalue weighted by atomic mass is 9.90. The Labute approximate surface area is 138 Å². The Morgan fingerprint density at radius 2 is 1.52 bits per heavy atom. The SMILES string of the molecule is COC(=O)c1sc(C(c2ccccc2)c2ccccc2)cc1O. The molecule has 0 unspecified atom stereocenters. The molecular weight excluding hydrogens is 308 g/mol. The maximum absolute atomic E-state index is 11.8. The van der Waals surface area contributed by atoms with Gasteiger partial charge in [-0.25, -0.2) is 4.79 Å². The monoisotopic (exact) mass is 324 g/mol. The standard InChI is InChI=1S/C19H16O3S/c1-22-19(21)18-15(20)12-16(23-18)17(13-8-4-2-5-9-13)14-10-6-3-7-11-14/h2-12,17,20H,1H3. The average Bonchev–Trinajstić information content (AvgIpc) is 2.98. The summed E-state index contributed by atoms with van der Waals surface area (Å²) in [5, 5.41) is 10.1. The zero-order valence-corrected chi connectivity index (χ0v) is 13.4. The molecule has 3 nitrogen and oxygen atoms in total. The molecule has 1 aromatic heterocycles. The molecule has 0 bridgehead atoms.